The Labute approximate surface area is 95.7 Å². The minimum absolute atomic E-state index is 0.875. The van der Waals surface area contributed by atoms with Crippen molar-refractivity contribution in [3.63, 3.8) is 0 Å². The van der Waals surface area contributed by atoms with Crippen molar-refractivity contribution in [2.24, 2.45) is 0 Å². The second kappa shape index (κ2) is 6.45. The lowest BCUT2D eigenvalue weighted by atomic mass is 10.1. The molecule has 0 spiro atoms. The lowest BCUT2D eigenvalue weighted by Crippen LogP contribution is -2.45. The normalized spacial score (nSPS) is 17.8. The van der Waals surface area contributed by atoms with Crippen molar-refractivity contribution in [3.8, 4) is 0 Å². The Bertz CT molecular complexity index is 327. The first-order chi connectivity index (χ1) is 7.19. The Morgan fingerprint density at radius 3 is 2.19 bits per heavy atom. The molecule has 0 fully saturated rings. The highest BCUT2D eigenvalue weighted by Gasteiger charge is 2.30. The molecule has 8 nitrogen and oxygen atoms in total. The predicted octanol–water partition coefficient (Wildman–Crippen LogP) is -2.87. The molecule has 16 heavy (non-hydrogen) atoms. The van der Waals surface area contributed by atoms with E-state index in [0.29, 0.717) is 0 Å². The van der Waals surface area contributed by atoms with Crippen LogP contribution in [0, 0.1) is 0 Å². The molecule has 0 aliphatic carbocycles. The molecule has 0 rings (SSSR count). The molecule has 0 amide bonds. The molecule has 96 valence electrons. The first-order valence-corrected chi connectivity index (χ1v) is 6.19. The van der Waals surface area contributed by atoms with E-state index in [1.807, 2.05) is 0 Å². The number of aliphatic hydroxyl groups is 4. The maximum atomic E-state index is 11.0. The van der Waals surface area contributed by atoms with Crippen LogP contribution in [0.3, 0.4) is 0 Å². The number of carbonyl (C=O) groups is 1. The Kier molecular flexibility index (Phi) is 6.33. The highest BCUT2D eigenvalue weighted by atomic mass is 35.7. The minimum atomic E-state index is -4.36. The average molecular weight is 279 g/mol. The summed E-state index contributed by atoms with van der Waals surface area (Å²) in [4.78, 5) is 11.0. The zero-order chi connectivity index (χ0) is 12.9. The van der Waals surface area contributed by atoms with E-state index in [-0.39, 0.29) is 0 Å². The van der Waals surface area contributed by atoms with Crippen molar-refractivity contribution in [2.45, 2.75) is 18.3 Å². The van der Waals surface area contributed by atoms with Crippen LogP contribution in [0.5, 0.6) is 0 Å². The van der Waals surface area contributed by atoms with E-state index >= 15 is 0 Å². The second-order valence-electron chi connectivity index (χ2n) is 2.81. The number of aliphatic hydroxyl groups excluding tert-OH is 4. The molecule has 0 aromatic rings. The fourth-order valence-electron chi connectivity index (χ4n) is 0.723. The number of ketones is 1. The third-order valence-corrected chi connectivity index (χ3v) is 2.24. The van der Waals surface area contributed by atoms with Gasteiger partial charge in [-0.2, -0.15) is 8.42 Å². The number of rotatable bonds is 7. The van der Waals surface area contributed by atoms with Gasteiger partial charge < -0.3 is 20.4 Å². The van der Waals surface area contributed by atoms with Crippen LogP contribution in [0.25, 0.3) is 0 Å². The van der Waals surface area contributed by atoms with Gasteiger partial charge in [-0.25, -0.2) is 4.18 Å². The molecule has 0 aromatic heterocycles. The highest BCUT2D eigenvalue weighted by molar-refractivity contribution is 8.10. The SMILES string of the molecule is O=C(COS(=O)(=O)Cl)[C@@H](O)[C@H](O)[C@H](O)CO. The Hall–Kier alpha value is -0.290. The topological polar surface area (TPSA) is 141 Å². The van der Waals surface area contributed by atoms with E-state index in [2.05, 4.69) is 14.9 Å². The molecule has 0 saturated heterocycles. The van der Waals surface area contributed by atoms with Crippen molar-refractivity contribution >= 4 is 25.8 Å². The molecular weight excluding hydrogens is 268 g/mol. The van der Waals surface area contributed by atoms with E-state index in [1.54, 1.807) is 0 Å². The predicted molar refractivity (Wildman–Crippen MR) is 50.8 cm³/mol. The molecule has 0 aliphatic heterocycles. The zero-order valence-electron chi connectivity index (χ0n) is 7.85. The van der Waals surface area contributed by atoms with Crippen LogP contribution < -0.4 is 0 Å². The van der Waals surface area contributed by atoms with Crippen LogP contribution in [0.4, 0.5) is 0 Å². The van der Waals surface area contributed by atoms with Crippen LogP contribution in [0.2, 0.25) is 0 Å². The summed E-state index contributed by atoms with van der Waals surface area (Å²) < 4.78 is 24.4. The lowest BCUT2D eigenvalue weighted by molar-refractivity contribution is -0.142. The number of Topliss-reactive ketones (excluding diaryl/α,β-unsaturated/α-hetero) is 1. The second-order valence-corrected chi connectivity index (χ2v) is 4.96. The summed E-state index contributed by atoms with van der Waals surface area (Å²) >= 11 is 0. The van der Waals surface area contributed by atoms with Gasteiger partial charge in [-0.3, -0.25) is 4.79 Å². The van der Waals surface area contributed by atoms with Gasteiger partial charge in [0.05, 0.1) is 6.61 Å². The zero-order valence-corrected chi connectivity index (χ0v) is 9.43. The fourth-order valence-corrected chi connectivity index (χ4v) is 1.11. The molecule has 0 heterocycles. The van der Waals surface area contributed by atoms with E-state index in [1.165, 1.54) is 0 Å². The van der Waals surface area contributed by atoms with Gasteiger partial charge in [0.2, 0.25) is 0 Å². The molecule has 0 unspecified atom stereocenters. The van der Waals surface area contributed by atoms with Gasteiger partial charge in [0.15, 0.2) is 5.78 Å². The maximum absolute atomic E-state index is 11.0. The van der Waals surface area contributed by atoms with Crippen LogP contribution in [0.1, 0.15) is 0 Å². The molecule has 3 atom stereocenters. The molecule has 4 N–H and O–H groups in total. The summed E-state index contributed by atoms with van der Waals surface area (Å²) in [5.74, 6) is -1.20. The van der Waals surface area contributed by atoms with Crippen LogP contribution in [-0.2, 0) is 18.3 Å². The molecule has 0 saturated carbocycles. The van der Waals surface area contributed by atoms with Gasteiger partial charge in [0.1, 0.15) is 24.9 Å². The van der Waals surface area contributed by atoms with Crippen LogP contribution >= 0.6 is 10.7 Å². The van der Waals surface area contributed by atoms with Crippen LogP contribution in [-0.4, -0.2) is 66.2 Å². The van der Waals surface area contributed by atoms with Gasteiger partial charge in [-0.15, -0.1) is 0 Å². The van der Waals surface area contributed by atoms with Gasteiger partial charge in [0.25, 0.3) is 0 Å². The molecule has 0 aliphatic rings. The van der Waals surface area contributed by atoms with E-state index in [9.17, 15) is 13.2 Å². The minimum Gasteiger partial charge on any atom is -0.394 e. The Morgan fingerprint density at radius 2 is 1.81 bits per heavy atom. The highest BCUT2D eigenvalue weighted by Crippen LogP contribution is 2.04. The third-order valence-electron chi connectivity index (χ3n) is 1.58. The van der Waals surface area contributed by atoms with Gasteiger partial charge in [0, 0.05) is 10.7 Å². The smallest absolute Gasteiger partial charge is 0.356 e. The summed E-state index contributed by atoms with van der Waals surface area (Å²) in [7, 11) is 0.258. The summed E-state index contributed by atoms with van der Waals surface area (Å²) in [6, 6.07) is 0. The third kappa shape index (κ3) is 5.70. The summed E-state index contributed by atoms with van der Waals surface area (Å²) in [6.45, 7) is -1.96. The van der Waals surface area contributed by atoms with Gasteiger partial charge >= 0.3 is 9.33 Å². The van der Waals surface area contributed by atoms with E-state index < -0.39 is 46.6 Å². The number of hydrogen-bond acceptors (Lipinski definition) is 8. The monoisotopic (exact) mass is 278 g/mol. The number of halogens is 1. The van der Waals surface area contributed by atoms with Crippen molar-refractivity contribution in [1.82, 2.24) is 0 Å². The summed E-state index contributed by atoms with van der Waals surface area (Å²) in [6.07, 6.45) is -5.76. The Balaban J connectivity index is 4.29. The molecular formula is C6H11ClO8S. The molecule has 0 bridgehead atoms. The standard InChI is InChI=1S/C6H11ClO8S/c7-16(13,14)15-2-4(10)6(12)5(11)3(9)1-8/h3,5-6,8-9,11-12H,1-2H2/t3-,5-,6-/m1/s1. The summed E-state index contributed by atoms with van der Waals surface area (Å²) in [5.41, 5.74) is 0. The van der Waals surface area contributed by atoms with Gasteiger partial charge in [-0.1, -0.05) is 0 Å². The van der Waals surface area contributed by atoms with E-state index in [0.717, 1.165) is 0 Å². The molecule has 0 aromatic carbocycles. The van der Waals surface area contributed by atoms with Crippen molar-refractivity contribution in [1.29, 1.82) is 0 Å². The number of carbonyl (C=O) groups excluding carboxylic acids is 1. The van der Waals surface area contributed by atoms with Gasteiger partial charge in [-0.05, 0) is 0 Å². The molecule has 0 radical (unpaired) electrons. The first-order valence-electron chi connectivity index (χ1n) is 3.96. The fraction of sp³-hybridized carbons (Fsp3) is 0.833. The largest absolute Gasteiger partial charge is 0.394 e. The van der Waals surface area contributed by atoms with Crippen molar-refractivity contribution < 1.29 is 37.8 Å². The lowest BCUT2D eigenvalue weighted by Gasteiger charge is -2.19. The summed E-state index contributed by atoms with van der Waals surface area (Å²) in [5, 5.41) is 35.5. The average Bonchev–Trinajstić information content (AvgIpc) is 2.21. The Morgan fingerprint density at radius 1 is 1.31 bits per heavy atom. The molecule has 10 heteroatoms. The number of hydrogen-bond donors (Lipinski definition) is 4. The first kappa shape index (κ1) is 15.7. The van der Waals surface area contributed by atoms with Crippen molar-refractivity contribution in [3.05, 3.63) is 0 Å². The van der Waals surface area contributed by atoms with Crippen LogP contribution in [0.15, 0.2) is 0 Å². The maximum Gasteiger partial charge on any atom is 0.356 e. The van der Waals surface area contributed by atoms with Crippen molar-refractivity contribution in [2.75, 3.05) is 13.2 Å². The quantitative estimate of drug-likeness (QED) is 0.364. The van der Waals surface area contributed by atoms with E-state index in [4.69, 9.17) is 20.4 Å².